The first-order valence-electron chi connectivity index (χ1n) is 8.27. The van der Waals surface area contributed by atoms with Crippen LogP contribution in [0, 0.1) is 11.8 Å². The molecule has 4 nitrogen and oxygen atoms in total. The Hall–Kier alpha value is -2.64. The molecule has 2 aromatic carbocycles. The van der Waals surface area contributed by atoms with Gasteiger partial charge in [0.1, 0.15) is 0 Å². The molecule has 0 atom stereocenters. The minimum Gasteiger partial charge on any atom is -0.278 e. The van der Waals surface area contributed by atoms with Crippen LogP contribution in [-0.4, -0.2) is 22.1 Å². The lowest BCUT2D eigenvalue weighted by Gasteiger charge is -2.22. The molecular weight excluding hydrogens is 302 g/mol. The Morgan fingerprint density at radius 3 is 2.50 bits per heavy atom. The third-order valence-electron chi connectivity index (χ3n) is 4.26. The molecule has 1 aliphatic heterocycles. The molecule has 0 fully saturated rings. The van der Waals surface area contributed by atoms with Crippen LogP contribution >= 0.6 is 0 Å². The van der Waals surface area contributed by atoms with Crippen LogP contribution < -0.4 is 0 Å². The van der Waals surface area contributed by atoms with Gasteiger partial charge < -0.3 is 0 Å². The number of amides is 2. The quantitative estimate of drug-likeness (QED) is 0.398. The number of hydrogen-bond donors (Lipinski definition) is 1. The lowest BCUT2D eigenvalue weighted by atomic mass is 9.92. The average Bonchev–Trinajstić information content (AvgIpc) is 2.61. The van der Waals surface area contributed by atoms with E-state index in [0.29, 0.717) is 16.5 Å². The van der Waals surface area contributed by atoms with Crippen LogP contribution in [0.25, 0.3) is 10.8 Å². The van der Waals surface area contributed by atoms with Crippen LogP contribution in [0.15, 0.2) is 30.3 Å². The lowest BCUT2D eigenvalue weighted by Crippen LogP contribution is -2.37. The fourth-order valence-electron chi connectivity index (χ4n) is 2.99. The summed E-state index contributed by atoms with van der Waals surface area (Å²) >= 11 is 0. The van der Waals surface area contributed by atoms with Crippen molar-refractivity contribution in [3.63, 3.8) is 0 Å². The molecule has 0 unspecified atom stereocenters. The third kappa shape index (κ3) is 2.79. The van der Waals surface area contributed by atoms with Crippen molar-refractivity contribution in [2.24, 2.45) is 0 Å². The summed E-state index contributed by atoms with van der Waals surface area (Å²) in [6, 6.07) is 8.63. The molecule has 0 bridgehead atoms. The second-order valence-corrected chi connectivity index (χ2v) is 5.92. The Morgan fingerprint density at radius 2 is 1.75 bits per heavy atom. The number of hydroxylamine groups is 2. The molecule has 0 spiro atoms. The van der Waals surface area contributed by atoms with Crippen LogP contribution in [-0.2, 0) is 0 Å². The maximum absolute atomic E-state index is 12.1. The maximum atomic E-state index is 12.1. The summed E-state index contributed by atoms with van der Waals surface area (Å²) in [7, 11) is 0. The molecule has 1 aliphatic rings. The number of imide groups is 1. The number of hydrogen-bond acceptors (Lipinski definition) is 3. The van der Waals surface area contributed by atoms with E-state index in [-0.39, 0.29) is 5.06 Å². The molecule has 0 saturated carbocycles. The van der Waals surface area contributed by atoms with Gasteiger partial charge in [0, 0.05) is 17.4 Å². The van der Waals surface area contributed by atoms with Gasteiger partial charge in [-0.25, -0.2) is 0 Å². The number of nitrogens with zero attached hydrogens (tertiary/aromatic N) is 1. The highest BCUT2D eigenvalue weighted by molar-refractivity contribution is 6.25. The third-order valence-corrected chi connectivity index (χ3v) is 4.26. The van der Waals surface area contributed by atoms with Crippen molar-refractivity contribution in [1.82, 2.24) is 5.06 Å². The minimum atomic E-state index is -0.692. The van der Waals surface area contributed by atoms with E-state index in [1.807, 2.05) is 6.07 Å². The summed E-state index contributed by atoms with van der Waals surface area (Å²) in [5.41, 5.74) is 1.46. The molecule has 2 amide bonds. The van der Waals surface area contributed by atoms with E-state index in [1.54, 1.807) is 24.3 Å². The largest absolute Gasteiger partial charge is 0.285 e. The van der Waals surface area contributed by atoms with Gasteiger partial charge in [-0.05, 0) is 30.0 Å². The number of benzene rings is 2. The Bertz CT molecular complexity index is 851. The van der Waals surface area contributed by atoms with Gasteiger partial charge in [0.05, 0.1) is 11.1 Å². The second-order valence-electron chi connectivity index (χ2n) is 5.92. The Labute approximate surface area is 141 Å². The van der Waals surface area contributed by atoms with E-state index in [0.717, 1.165) is 23.8 Å². The van der Waals surface area contributed by atoms with Gasteiger partial charge in [0.25, 0.3) is 11.8 Å². The molecule has 0 saturated heterocycles. The highest BCUT2D eigenvalue weighted by atomic mass is 16.5. The van der Waals surface area contributed by atoms with Crippen LogP contribution in [0.3, 0.4) is 0 Å². The highest BCUT2D eigenvalue weighted by Gasteiger charge is 2.32. The zero-order valence-electron chi connectivity index (χ0n) is 13.6. The molecular formula is C20H19NO3. The van der Waals surface area contributed by atoms with E-state index < -0.39 is 11.8 Å². The summed E-state index contributed by atoms with van der Waals surface area (Å²) in [4.78, 5) is 24.2. The van der Waals surface area contributed by atoms with Crippen molar-refractivity contribution in [3.05, 3.63) is 47.0 Å². The number of unbranched alkanes of at least 4 members (excludes halogenated alkanes) is 4. The first-order valence-corrected chi connectivity index (χ1v) is 8.27. The van der Waals surface area contributed by atoms with Gasteiger partial charge in [-0.15, -0.1) is 5.06 Å². The maximum Gasteiger partial charge on any atom is 0.285 e. The molecule has 3 rings (SSSR count). The molecule has 24 heavy (non-hydrogen) atoms. The Kier molecular flexibility index (Phi) is 4.64. The van der Waals surface area contributed by atoms with E-state index >= 15 is 0 Å². The van der Waals surface area contributed by atoms with Gasteiger partial charge in [-0.1, -0.05) is 50.2 Å². The summed E-state index contributed by atoms with van der Waals surface area (Å²) in [6.45, 7) is 2.18. The first-order chi connectivity index (χ1) is 11.6. The monoisotopic (exact) mass is 321 g/mol. The fourth-order valence-corrected chi connectivity index (χ4v) is 2.99. The molecule has 0 aliphatic carbocycles. The summed E-state index contributed by atoms with van der Waals surface area (Å²) in [5.74, 6) is 4.95. The summed E-state index contributed by atoms with van der Waals surface area (Å²) < 4.78 is 0. The average molecular weight is 321 g/mol. The van der Waals surface area contributed by atoms with Gasteiger partial charge in [0.15, 0.2) is 0 Å². The molecule has 4 heteroatoms. The zero-order chi connectivity index (χ0) is 17.1. The second kappa shape index (κ2) is 6.86. The van der Waals surface area contributed by atoms with Crippen LogP contribution in [0.1, 0.15) is 65.3 Å². The summed E-state index contributed by atoms with van der Waals surface area (Å²) in [5, 5.41) is 11.2. The van der Waals surface area contributed by atoms with Gasteiger partial charge in [-0.3, -0.25) is 14.8 Å². The van der Waals surface area contributed by atoms with Gasteiger partial charge in [-0.2, -0.15) is 0 Å². The standard InChI is InChI=1S/C20H19NO3/c1-2-3-4-5-6-7-9-14-12-13-17-18-15(14)10-8-11-16(18)19(22)21(24)20(17)23/h8,10-13,24H,2-6H2,1H3. The predicted molar refractivity (Wildman–Crippen MR) is 91.9 cm³/mol. The Morgan fingerprint density at radius 1 is 1.00 bits per heavy atom. The summed E-state index contributed by atoms with van der Waals surface area (Å²) in [6.07, 6.45) is 5.53. The molecule has 1 N–H and O–H groups in total. The minimum absolute atomic E-state index is 0.177. The van der Waals surface area contributed by atoms with Crippen molar-refractivity contribution in [1.29, 1.82) is 0 Å². The van der Waals surface area contributed by atoms with Crippen LogP contribution in [0.2, 0.25) is 0 Å². The number of carbonyl (C=O) groups is 2. The van der Waals surface area contributed by atoms with Crippen molar-refractivity contribution < 1.29 is 14.8 Å². The van der Waals surface area contributed by atoms with E-state index in [2.05, 4.69) is 18.8 Å². The van der Waals surface area contributed by atoms with E-state index in [4.69, 9.17) is 0 Å². The smallest absolute Gasteiger partial charge is 0.278 e. The highest BCUT2D eigenvalue weighted by Crippen LogP contribution is 2.31. The van der Waals surface area contributed by atoms with Gasteiger partial charge >= 0.3 is 0 Å². The van der Waals surface area contributed by atoms with Crippen molar-refractivity contribution in [2.75, 3.05) is 0 Å². The first kappa shape index (κ1) is 16.2. The molecule has 2 aromatic rings. The molecule has 0 aromatic heterocycles. The predicted octanol–water partition coefficient (Wildman–Crippen LogP) is 4.15. The normalized spacial score (nSPS) is 13.2. The molecule has 1 heterocycles. The topological polar surface area (TPSA) is 57.6 Å². The fraction of sp³-hybridized carbons (Fsp3) is 0.300. The zero-order valence-corrected chi connectivity index (χ0v) is 13.6. The van der Waals surface area contributed by atoms with Crippen molar-refractivity contribution >= 4 is 22.6 Å². The number of rotatable bonds is 4. The van der Waals surface area contributed by atoms with Crippen molar-refractivity contribution in [3.8, 4) is 11.8 Å². The van der Waals surface area contributed by atoms with Crippen molar-refractivity contribution in [2.45, 2.75) is 39.0 Å². The lowest BCUT2D eigenvalue weighted by molar-refractivity contribution is -0.0377. The van der Waals surface area contributed by atoms with Gasteiger partial charge in [0.2, 0.25) is 0 Å². The SMILES string of the molecule is CCCCCCC#Cc1ccc2c3c(cccc13)C(=O)N(O)C2=O. The molecule has 0 radical (unpaired) electrons. The molecule has 122 valence electrons. The van der Waals surface area contributed by atoms with Crippen LogP contribution in [0.4, 0.5) is 0 Å². The van der Waals surface area contributed by atoms with Crippen LogP contribution in [0.5, 0.6) is 0 Å². The Balaban J connectivity index is 1.98. The van der Waals surface area contributed by atoms with E-state index in [9.17, 15) is 14.8 Å². The number of carbonyl (C=O) groups excluding carboxylic acids is 2. The van der Waals surface area contributed by atoms with E-state index in [1.165, 1.54) is 19.3 Å².